The number of rotatable bonds is 1. The van der Waals surface area contributed by atoms with Crippen LogP contribution in [0.1, 0.15) is 5.56 Å². The molecule has 12 heavy (non-hydrogen) atoms. The second-order valence-electron chi connectivity index (χ2n) is 2.48. The Hall–Kier alpha value is -0.810. The average Bonchev–Trinajstić information content (AvgIpc) is 2.58. The Morgan fingerprint density at radius 3 is 2.83 bits per heavy atom. The quantitative estimate of drug-likeness (QED) is 0.688. The Bertz CT molecular complexity index is 353. The van der Waals surface area contributed by atoms with Gasteiger partial charge in [-0.2, -0.15) is 0 Å². The summed E-state index contributed by atoms with van der Waals surface area (Å²) in [4.78, 5) is 3.11. The van der Waals surface area contributed by atoms with Crippen molar-refractivity contribution in [1.82, 2.24) is 15.2 Å². The Balaban J connectivity index is 2.43. The summed E-state index contributed by atoms with van der Waals surface area (Å²) >= 11 is 5.56. The lowest BCUT2D eigenvalue weighted by Crippen LogP contribution is -1.74. The van der Waals surface area contributed by atoms with Crippen LogP contribution in [0.25, 0.3) is 10.7 Å². The highest BCUT2D eigenvalue weighted by atomic mass is 32.2. The highest BCUT2D eigenvalue weighted by Crippen LogP contribution is 2.24. The number of aryl methyl sites for hydroxylation is 1. The summed E-state index contributed by atoms with van der Waals surface area (Å²) in [7, 11) is 0. The first kappa shape index (κ1) is 7.82. The standard InChI is InChI=1S/C7H7N3S2/c1-4-2-5(8-3-4)6-9-10-7(11)12-6/h2-3,8H,1H3,(H,10,11). The van der Waals surface area contributed by atoms with Crippen molar-refractivity contribution in [3.63, 3.8) is 0 Å². The maximum Gasteiger partial charge on any atom is 0.171 e. The van der Waals surface area contributed by atoms with Gasteiger partial charge >= 0.3 is 0 Å². The molecule has 0 radical (unpaired) electrons. The third kappa shape index (κ3) is 1.37. The van der Waals surface area contributed by atoms with E-state index in [-0.39, 0.29) is 0 Å². The van der Waals surface area contributed by atoms with Gasteiger partial charge in [-0.3, -0.25) is 0 Å². The van der Waals surface area contributed by atoms with Gasteiger partial charge in [0.05, 0.1) is 5.69 Å². The van der Waals surface area contributed by atoms with Crippen LogP contribution in [0.15, 0.2) is 16.6 Å². The van der Waals surface area contributed by atoms with E-state index in [1.165, 1.54) is 16.9 Å². The van der Waals surface area contributed by atoms with E-state index in [1.54, 1.807) is 0 Å². The highest BCUT2D eigenvalue weighted by Gasteiger charge is 2.04. The van der Waals surface area contributed by atoms with Crippen molar-refractivity contribution < 1.29 is 0 Å². The van der Waals surface area contributed by atoms with Crippen LogP contribution in [-0.2, 0) is 0 Å². The molecule has 2 heterocycles. The van der Waals surface area contributed by atoms with Crippen molar-refractivity contribution in [1.29, 1.82) is 0 Å². The maximum atomic E-state index is 4.09. The zero-order valence-corrected chi connectivity index (χ0v) is 8.12. The van der Waals surface area contributed by atoms with Gasteiger partial charge in [0, 0.05) is 6.20 Å². The van der Waals surface area contributed by atoms with Gasteiger partial charge in [-0.15, -0.1) is 22.8 Å². The Morgan fingerprint density at radius 2 is 2.33 bits per heavy atom. The van der Waals surface area contributed by atoms with Gasteiger partial charge in [-0.25, -0.2) is 0 Å². The van der Waals surface area contributed by atoms with Gasteiger partial charge in [0.25, 0.3) is 0 Å². The van der Waals surface area contributed by atoms with Crippen LogP contribution >= 0.6 is 24.0 Å². The van der Waals surface area contributed by atoms with Crippen molar-refractivity contribution in [2.45, 2.75) is 11.3 Å². The van der Waals surface area contributed by atoms with Gasteiger partial charge in [0.1, 0.15) is 0 Å². The van der Waals surface area contributed by atoms with E-state index < -0.39 is 0 Å². The monoisotopic (exact) mass is 197 g/mol. The lowest BCUT2D eigenvalue weighted by Gasteiger charge is -1.84. The molecule has 0 bridgehead atoms. The van der Waals surface area contributed by atoms with Crippen molar-refractivity contribution in [2.75, 3.05) is 0 Å². The van der Waals surface area contributed by atoms with Gasteiger partial charge in [-0.1, -0.05) is 11.3 Å². The minimum absolute atomic E-state index is 0.692. The number of aromatic nitrogens is 3. The van der Waals surface area contributed by atoms with E-state index in [0.29, 0.717) is 4.34 Å². The second kappa shape index (κ2) is 2.91. The Morgan fingerprint density at radius 1 is 1.50 bits per heavy atom. The summed E-state index contributed by atoms with van der Waals surface area (Å²) in [5, 5.41) is 8.66. The summed E-state index contributed by atoms with van der Waals surface area (Å²) < 4.78 is 0.692. The molecule has 0 amide bonds. The number of nitrogens with zero attached hydrogens (tertiary/aromatic N) is 2. The van der Waals surface area contributed by atoms with Crippen LogP contribution in [0, 0.1) is 6.92 Å². The minimum Gasteiger partial charge on any atom is -0.359 e. The average molecular weight is 197 g/mol. The summed E-state index contributed by atoms with van der Waals surface area (Å²) in [5.41, 5.74) is 2.20. The predicted molar refractivity (Wildman–Crippen MR) is 51.7 cm³/mol. The van der Waals surface area contributed by atoms with E-state index in [2.05, 4.69) is 27.8 Å². The fraction of sp³-hybridized carbons (Fsp3) is 0.143. The molecule has 0 saturated heterocycles. The summed E-state index contributed by atoms with van der Waals surface area (Å²) in [6, 6.07) is 2.04. The molecule has 2 aromatic heterocycles. The molecular formula is C7H7N3S2. The normalized spacial score (nSPS) is 10.5. The van der Waals surface area contributed by atoms with E-state index >= 15 is 0 Å². The zero-order chi connectivity index (χ0) is 8.55. The molecular weight excluding hydrogens is 190 g/mol. The fourth-order valence-electron chi connectivity index (χ4n) is 0.950. The van der Waals surface area contributed by atoms with Crippen LogP contribution in [0.5, 0.6) is 0 Å². The number of hydrogen-bond donors (Lipinski definition) is 2. The van der Waals surface area contributed by atoms with Crippen molar-refractivity contribution in [2.24, 2.45) is 0 Å². The molecule has 5 heteroatoms. The van der Waals surface area contributed by atoms with Gasteiger partial charge < -0.3 is 4.98 Å². The maximum absolute atomic E-state index is 4.09. The van der Waals surface area contributed by atoms with E-state index in [1.807, 2.05) is 19.2 Å². The molecule has 1 N–H and O–H groups in total. The van der Waals surface area contributed by atoms with Gasteiger partial charge in [0.15, 0.2) is 9.35 Å². The lowest BCUT2D eigenvalue weighted by molar-refractivity contribution is 1.02. The third-order valence-electron chi connectivity index (χ3n) is 1.47. The largest absolute Gasteiger partial charge is 0.359 e. The minimum atomic E-state index is 0.692. The number of hydrogen-bond acceptors (Lipinski definition) is 4. The Kier molecular flexibility index (Phi) is 1.90. The van der Waals surface area contributed by atoms with Crippen LogP contribution in [0.2, 0.25) is 0 Å². The van der Waals surface area contributed by atoms with Crippen LogP contribution in [-0.4, -0.2) is 15.2 Å². The molecule has 0 unspecified atom stereocenters. The number of thiol groups is 1. The molecule has 0 aliphatic heterocycles. The topological polar surface area (TPSA) is 41.6 Å². The van der Waals surface area contributed by atoms with Crippen LogP contribution in [0.3, 0.4) is 0 Å². The zero-order valence-electron chi connectivity index (χ0n) is 6.40. The summed E-state index contributed by atoms with van der Waals surface area (Å²) in [5.74, 6) is 0. The first-order chi connectivity index (χ1) is 5.75. The first-order valence-electron chi connectivity index (χ1n) is 3.43. The second-order valence-corrected chi connectivity index (χ2v) is 4.18. The number of H-pyrrole nitrogens is 1. The SMILES string of the molecule is Cc1c[nH]c(-c2nnc(S)s2)c1. The van der Waals surface area contributed by atoms with E-state index in [0.717, 1.165) is 10.7 Å². The van der Waals surface area contributed by atoms with Crippen molar-refractivity contribution in [3.8, 4) is 10.7 Å². The third-order valence-corrected chi connectivity index (χ3v) is 2.59. The van der Waals surface area contributed by atoms with E-state index in [4.69, 9.17) is 0 Å². The highest BCUT2D eigenvalue weighted by molar-refractivity contribution is 7.82. The summed E-state index contributed by atoms with van der Waals surface area (Å²) in [6.45, 7) is 2.03. The molecule has 2 rings (SSSR count). The predicted octanol–water partition coefficient (Wildman–Crippen LogP) is 2.13. The lowest BCUT2D eigenvalue weighted by atomic mass is 10.3. The molecule has 0 spiro atoms. The summed E-state index contributed by atoms with van der Waals surface area (Å²) in [6.07, 6.45) is 1.94. The van der Waals surface area contributed by atoms with Gasteiger partial charge in [-0.05, 0) is 18.6 Å². The number of aromatic amines is 1. The first-order valence-corrected chi connectivity index (χ1v) is 4.70. The molecule has 0 saturated carbocycles. The van der Waals surface area contributed by atoms with Crippen molar-refractivity contribution in [3.05, 3.63) is 17.8 Å². The molecule has 0 aromatic carbocycles. The molecule has 3 nitrogen and oxygen atoms in total. The molecule has 0 aliphatic carbocycles. The molecule has 62 valence electrons. The fourth-order valence-corrected chi connectivity index (χ4v) is 1.82. The molecule has 0 aliphatic rings. The molecule has 0 atom stereocenters. The van der Waals surface area contributed by atoms with Crippen LogP contribution in [0.4, 0.5) is 0 Å². The van der Waals surface area contributed by atoms with Gasteiger partial charge in [0.2, 0.25) is 0 Å². The van der Waals surface area contributed by atoms with Crippen LogP contribution < -0.4 is 0 Å². The molecule has 0 fully saturated rings. The smallest absolute Gasteiger partial charge is 0.171 e. The van der Waals surface area contributed by atoms with Crippen molar-refractivity contribution >= 4 is 24.0 Å². The number of nitrogens with one attached hydrogen (secondary N) is 1. The molecule has 2 aromatic rings. The Labute approximate surface area is 79.3 Å². The van der Waals surface area contributed by atoms with E-state index in [9.17, 15) is 0 Å².